The maximum absolute atomic E-state index is 12.5. The standard InChI is InChI=1S/C17H21N5O3S/c1-11-3-7-13(8-4-11)18-17(23)15-16(20-22-19-15)21-26(24,25)14-9-5-12(2)6-10-14/h3-10,15-16,19-22H,1-2H3,(H,18,23). The van der Waals surface area contributed by atoms with Gasteiger partial charge in [-0.3, -0.25) is 4.79 Å². The predicted octanol–water partition coefficient (Wildman–Crippen LogP) is 0.528. The average Bonchev–Trinajstić information content (AvgIpc) is 3.05. The number of anilines is 1. The van der Waals surface area contributed by atoms with E-state index < -0.39 is 22.2 Å². The number of rotatable bonds is 5. The maximum atomic E-state index is 12.5. The molecule has 2 unspecified atom stereocenters. The van der Waals surface area contributed by atoms with Crippen molar-refractivity contribution in [3.63, 3.8) is 0 Å². The minimum atomic E-state index is -3.78. The van der Waals surface area contributed by atoms with Crippen LogP contribution in [0.25, 0.3) is 0 Å². The average molecular weight is 375 g/mol. The highest BCUT2D eigenvalue weighted by Gasteiger charge is 2.36. The van der Waals surface area contributed by atoms with Gasteiger partial charge in [0.25, 0.3) is 0 Å². The van der Waals surface area contributed by atoms with E-state index >= 15 is 0 Å². The van der Waals surface area contributed by atoms with Crippen molar-refractivity contribution < 1.29 is 13.2 Å². The van der Waals surface area contributed by atoms with E-state index in [-0.39, 0.29) is 10.8 Å². The molecule has 0 aliphatic carbocycles. The molecule has 1 saturated heterocycles. The lowest BCUT2D eigenvalue weighted by atomic mass is 10.2. The molecule has 2 atom stereocenters. The van der Waals surface area contributed by atoms with E-state index in [1.165, 1.54) is 12.1 Å². The number of sulfonamides is 1. The third kappa shape index (κ3) is 4.26. The lowest BCUT2D eigenvalue weighted by Crippen LogP contribution is -2.53. The van der Waals surface area contributed by atoms with Crippen molar-refractivity contribution in [1.29, 1.82) is 0 Å². The van der Waals surface area contributed by atoms with Gasteiger partial charge in [-0.1, -0.05) is 35.4 Å². The molecule has 26 heavy (non-hydrogen) atoms. The molecule has 9 heteroatoms. The van der Waals surface area contributed by atoms with E-state index in [4.69, 9.17) is 0 Å². The van der Waals surface area contributed by atoms with Crippen LogP contribution >= 0.6 is 0 Å². The Hall–Kier alpha value is -2.30. The van der Waals surface area contributed by atoms with Gasteiger partial charge in [0.05, 0.1) is 4.90 Å². The van der Waals surface area contributed by atoms with Gasteiger partial charge in [-0.2, -0.15) is 10.3 Å². The van der Waals surface area contributed by atoms with Crippen LogP contribution in [0.4, 0.5) is 5.69 Å². The van der Waals surface area contributed by atoms with E-state index in [0.29, 0.717) is 5.69 Å². The van der Waals surface area contributed by atoms with Crippen LogP contribution in [0.1, 0.15) is 11.1 Å². The molecule has 0 spiro atoms. The van der Waals surface area contributed by atoms with Crippen LogP contribution in [-0.2, 0) is 14.8 Å². The summed E-state index contributed by atoms with van der Waals surface area (Å²) in [6, 6.07) is 13.0. The monoisotopic (exact) mass is 375 g/mol. The van der Waals surface area contributed by atoms with Crippen molar-refractivity contribution in [2.24, 2.45) is 0 Å². The van der Waals surface area contributed by atoms with E-state index in [1.54, 1.807) is 24.3 Å². The number of carbonyl (C=O) groups is 1. The summed E-state index contributed by atoms with van der Waals surface area (Å²) in [5, 5.41) is 2.76. The topological polar surface area (TPSA) is 111 Å². The summed E-state index contributed by atoms with van der Waals surface area (Å²) >= 11 is 0. The van der Waals surface area contributed by atoms with Crippen molar-refractivity contribution in [1.82, 2.24) is 21.1 Å². The van der Waals surface area contributed by atoms with Crippen LogP contribution < -0.4 is 26.4 Å². The lowest BCUT2D eigenvalue weighted by molar-refractivity contribution is -0.118. The summed E-state index contributed by atoms with van der Waals surface area (Å²) < 4.78 is 27.5. The van der Waals surface area contributed by atoms with Gasteiger partial charge in [-0.25, -0.2) is 19.3 Å². The largest absolute Gasteiger partial charge is 0.325 e. The second-order valence-electron chi connectivity index (χ2n) is 6.16. The molecule has 2 aromatic carbocycles. The number of hydrogen-bond acceptors (Lipinski definition) is 6. The van der Waals surface area contributed by atoms with Gasteiger partial charge in [0.2, 0.25) is 15.9 Å². The number of hydrazine groups is 2. The molecule has 0 radical (unpaired) electrons. The van der Waals surface area contributed by atoms with Crippen molar-refractivity contribution in [3.05, 3.63) is 59.7 Å². The summed E-state index contributed by atoms with van der Waals surface area (Å²) in [7, 11) is -3.78. The zero-order chi connectivity index (χ0) is 18.7. The molecule has 0 aromatic heterocycles. The SMILES string of the molecule is Cc1ccc(NC(=O)C2NNNC2NS(=O)(=O)c2ccc(C)cc2)cc1. The molecule has 1 fully saturated rings. The number of aryl methyl sites for hydroxylation is 2. The van der Waals surface area contributed by atoms with Crippen LogP contribution in [0, 0.1) is 13.8 Å². The first kappa shape index (κ1) is 18.5. The fraction of sp³-hybridized carbons (Fsp3) is 0.235. The summed E-state index contributed by atoms with van der Waals surface area (Å²) in [5.41, 5.74) is 10.7. The van der Waals surface area contributed by atoms with Gasteiger partial charge in [-0.05, 0) is 38.1 Å². The van der Waals surface area contributed by atoms with Crippen LogP contribution in [0.3, 0.4) is 0 Å². The van der Waals surface area contributed by atoms with Gasteiger partial charge in [0.15, 0.2) is 0 Å². The molecular weight excluding hydrogens is 354 g/mol. The van der Waals surface area contributed by atoms with E-state index in [1.807, 2.05) is 26.0 Å². The summed E-state index contributed by atoms with van der Waals surface area (Å²) in [6.45, 7) is 3.83. The van der Waals surface area contributed by atoms with Crippen LogP contribution in [0.5, 0.6) is 0 Å². The molecule has 138 valence electrons. The maximum Gasteiger partial charge on any atom is 0.246 e. The van der Waals surface area contributed by atoms with E-state index in [0.717, 1.165) is 11.1 Å². The summed E-state index contributed by atoms with van der Waals surface area (Å²) in [4.78, 5) is 12.6. The second-order valence-corrected chi connectivity index (χ2v) is 7.87. The van der Waals surface area contributed by atoms with Crippen molar-refractivity contribution >= 4 is 21.6 Å². The quantitative estimate of drug-likeness (QED) is 0.521. The minimum absolute atomic E-state index is 0.134. The normalized spacial score (nSPS) is 20.1. The first-order valence-corrected chi connectivity index (χ1v) is 9.56. The number of amides is 1. The Bertz CT molecular complexity index is 882. The Morgan fingerprint density at radius 3 is 2.12 bits per heavy atom. The number of nitrogens with one attached hydrogen (secondary N) is 5. The zero-order valence-corrected chi connectivity index (χ0v) is 15.2. The highest BCUT2D eigenvalue weighted by Crippen LogP contribution is 2.13. The molecule has 5 N–H and O–H groups in total. The molecule has 1 aliphatic rings. The van der Waals surface area contributed by atoms with Gasteiger partial charge in [-0.15, -0.1) is 0 Å². The molecule has 3 rings (SSSR count). The molecule has 0 saturated carbocycles. The molecule has 2 aromatic rings. The van der Waals surface area contributed by atoms with Gasteiger partial charge in [0, 0.05) is 5.69 Å². The first-order chi connectivity index (χ1) is 12.3. The number of hydrogen-bond donors (Lipinski definition) is 5. The molecule has 1 heterocycles. The van der Waals surface area contributed by atoms with Crippen molar-refractivity contribution in [3.8, 4) is 0 Å². The minimum Gasteiger partial charge on any atom is -0.325 e. The Morgan fingerprint density at radius 2 is 1.50 bits per heavy atom. The van der Waals surface area contributed by atoms with Crippen LogP contribution in [-0.4, -0.2) is 26.5 Å². The summed E-state index contributed by atoms with van der Waals surface area (Å²) in [5.74, 6) is -0.372. The van der Waals surface area contributed by atoms with Crippen molar-refractivity contribution in [2.75, 3.05) is 5.32 Å². The molecular formula is C17H21N5O3S. The zero-order valence-electron chi connectivity index (χ0n) is 14.4. The lowest BCUT2D eigenvalue weighted by Gasteiger charge is -2.19. The van der Waals surface area contributed by atoms with Crippen LogP contribution in [0.2, 0.25) is 0 Å². The Kier molecular flexibility index (Phi) is 5.35. The number of carbonyl (C=O) groups excluding carboxylic acids is 1. The first-order valence-electron chi connectivity index (χ1n) is 8.08. The molecule has 1 aliphatic heterocycles. The van der Waals surface area contributed by atoms with E-state index in [2.05, 4.69) is 26.4 Å². The third-order valence-electron chi connectivity index (χ3n) is 4.00. The fourth-order valence-electron chi connectivity index (χ4n) is 2.49. The smallest absolute Gasteiger partial charge is 0.246 e. The van der Waals surface area contributed by atoms with Gasteiger partial charge >= 0.3 is 0 Å². The fourth-order valence-corrected chi connectivity index (χ4v) is 3.65. The van der Waals surface area contributed by atoms with Gasteiger partial charge in [0.1, 0.15) is 12.2 Å². The highest BCUT2D eigenvalue weighted by molar-refractivity contribution is 7.89. The van der Waals surface area contributed by atoms with Crippen LogP contribution in [0.15, 0.2) is 53.4 Å². The second kappa shape index (κ2) is 7.52. The van der Waals surface area contributed by atoms with Crippen molar-refractivity contribution in [2.45, 2.75) is 31.0 Å². The van der Waals surface area contributed by atoms with Gasteiger partial charge < -0.3 is 5.32 Å². The highest BCUT2D eigenvalue weighted by atomic mass is 32.2. The summed E-state index contributed by atoms with van der Waals surface area (Å²) in [6.07, 6.45) is -0.855. The number of benzene rings is 2. The molecule has 8 nitrogen and oxygen atoms in total. The predicted molar refractivity (Wildman–Crippen MR) is 98.3 cm³/mol. The Labute approximate surface area is 152 Å². The molecule has 0 bridgehead atoms. The molecule has 1 amide bonds. The Balaban J connectivity index is 1.70. The Morgan fingerprint density at radius 1 is 0.923 bits per heavy atom. The van der Waals surface area contributed by atoms with E-state index in [9.17, 15) is 13.2 Å². The third-order valence-corrected chi connectivity index (χ3v) is 5.46.